The summed E-state index contributed by atoms with van der Waals surface area (Å²) in [7, 11) is 0. The molecule has 1 aromatic heterocycles. The summed E-state index contributed by atoms with van der Waals surface area (Å²) in [5.41, 5.74) is 2.55. The number of hydrogen-bond donors (Lipinski definition) is 0. The third kappa shape index (κ3) is 2.01. The predicted molar refractivity (Wildman–Crippen MR) is 65.2 cm³/mol. The average Bonchev–Trinajstić information content (AvgIpc) is 2.27. The molecule has 15 heavy (non-hydrogen) atoms. The lowest BCUT2D eigenvalue weighted by molar-refractivity contribution is 0.868. The molecule has 0 atom stereocenters. The van der Waals surface area contributed by atoms with Crippen molar-refractivity contribution in [1.29, 1.82) is 0 Å². The van der Waals surface area contributed by atoms with Crippen molar-refractivity contribution in [2.45, 2.75) is 33.1 Å². The third-order valence-electron chi connectivity index (χ3n) is 2.83. The van der Waals surface area contributed by atoms with E-state index in [1.165, 1.54) is 22.0 Å². The maximum absolute atomic E-state index is 4.43. The van der Waals surface area contributed by atoms with Gasteiger partial charge in [0.1, 0.15) is 0 Å². The number of nitrogens with zero attached hydrogens (tertiary/aromatic N) is 1. The molecule has 1 heterocycles. The smallest absolute Gasteiger partial charge is 0.0407 e. The average molecular weight is 199 g/mol. The molecule has 0 aliphatic heterocycles. The van der Waals surface area contributed by atoms with E-state index in [9.17, 15) is 0 Å². The second-order valence-electron chi connectivity index (χ2n) is 4.29. The number of benzene rings is 1. The first-order valence-electron chi connectivity index (χ1n) is 5.59. The number of aromatic nitrogens is 1. The van der Waals surface area contributed by atoms with E-state index in [0.29, 0.717) is 5.92 Å². The number of pyridine rings is 1. The second kappa shape index (κ2) is 4.01. The van der Waals surface area contributed by atoms with Crippen LogP contribution >= 0.6 is 0 Å². The van der Waals surface area contributed by atoms with Crippen molar-refractivity contribution >= 4 is 10.8 Å². The minimum absolute atomic E-state index is 0.584. The standard InChI is InChI=1S/C14H17N/c1-4-14-8-12-6-5-11(10(2)3)7-13(12)9-15-14/h5-10H,4H2,1-3H3. The summed E-state index contributed by atoms with van der Waals surface area (Å²) in [6, 6.07) is 8.84. The lowest BCUT2D eigenvalue weighted by Crippen LogP contribution is -1.89. The number of aryl methyl sites for hydroxylation is 1. The molecule has 1 aromatic carbocycles. The minimum atomic E-state index is 0.584. The van der Waals surface area contributed by atoms with Gasteiger partial charge in [0.05, 0.1) is 0 Å². The number of rotatable bonds is 2. The van der Waals surface area contributed by atoms with Crippen molar-refractivity contribution in [3.05, 3.63) is 41.7 Å². The van der Waals surface area contributed by atoms with Crippen LogP contribution in [0.5, 0.6) is 0 Å². The van der Waals surface area contributed by atoms with E-state index in [4.69, 9.17) is 0 Å². The molecule has 1 nitrogen and oxygen atoms in total. The molecule has 0 spiro atoms. The molecule has 0 fully saturated rings. The van der Waals surface area contributed by atoms with Crippen molar-refractivity contribution in [3.8, 4) is 0 Å². The molecule has 2 rings (SSSR count). The van der Waals surface area contributed by atoms with Gasteiger partial charge in [-0.2, -0.15) is 0 Å². The molecule has 0 bridgehead atoms. The zero-order chi connectivity index (χ0) is 10.8. The fourth-order valence-electron chi connectivity index (χ4n) is 1.76. The van der Waals surface area contributed by atoms with Crippen molar-refractivity contribution < 1.29 is 0 Å². The Balaban J connectivity index is 2.55. The van der Waals surface area contributed by atoms with E-state index < -0.39 is 0 Å². The number of fused-ring (bicyclic) bond motifs is 1. The largest absolute Gasteiger partial charge is 0.261 e. The van der Waals surface area contributed by atoms with Crippen LogP contribution in [0.25, 0.3) is 10.8 Å². The zero-order valence-electron chi connectivity index (χ0n) is 9.62. The molecule has 2 aromatic rings. The Bertz CT molecular complexity index is 472. The first-order valence-corrected chi connectivity index (χ1v) is 5.59. The van der Waals surface area contributed by atoms with Gasteiger partial charge in [-0.25, -0.2) is 0 Å². The predicted octanol–water partition coefficient (Wildman–Crippen LogP) is 3.92. The van der Waals surface area contributed by atoms with Crippen LogP contribution in [0.15, 0.2) is 30.5 Å². The van der Waals surface area contributed by atoms with Crippen LogP contribution in [0, 0.1) is 0 Å². The van der Waals surface area contributed by atoms with Gasteiger partial charge in [0.15, 0.2) is 0 Å². The van der Waals surface area contributed by atoms with Gasteiger partial charge in [-0.1, -0.05) is 32.9 Å². The molecule has 0 N–H and O–H groups in total. The summed E-state index contributed by atoms with van der Waals surface area (Å²) in [6.45, 7) is 6.57. The second-order valence-corrected chi connectivity index (χ2v) is 4.29. The van der Waals surface area contributed by atoms with Crippen LogP contribution in [0.2, 0.25) is 0 Å². The Morgan fingerprint density at radius 2 is 1.93 bits per heavy atom. The fourth-order valence-corrected chi connectivity index (χ4v) is 1.76. The van der Waals surface area contributed by atoms with Crippen molar-refractivity contribution in [2.24, 2.45) is 0 Å². The van der Waals surface area contributed by atoms with E-state index in [2.05, 4.69) is 50.0 Å². The molecule has 78 valence electrons. The maximum atomic E-state index is 4.43. The summed E-state index contributed by atoms with van der Waals surface area (Å²) < 4.78 is 0. The van der Waals surface area contributed by atoms with Crippen LogP contribution in [0.4, 0.5) is 0 Å². The highest BCUT2D eigenvalue weighted by Gasteiger charge is 2.01. The molecule has 1 heteroatoms. The van der Waals surface area contributed by atoms with Gasteiger partial charge in [0.2, 0.25) is 0 Å². The van der Waals surface area contributed by atoms with Gasteiger partial charge in [-0.15, -0.1) is 0 Å². The highest BCUT2D eigenvalue weighted by Crippen LogP contribution is 2.21. The molecule has 0 aliphatic rings. The Morgan fingerprint density at radius 3 is 2.60 bits per heavy atom. The zero-order valence-corrected chi connectivity index (χ0v) is 9.62. The number of hydrogen-bond acceptors (Lipinski definition) is 1. The Morgan fingerprint density at radius 1 is 1.13 bits per heavy atom. The van der Waals surface area contributed by atoms with E-state index >= 15 is 0 Å². The monoisotopic (exact) mass is 199 g/mol. The lowest BCUT2D eigenvalue weighted by atomic mass is 10.00. The third-order valence-corrected chi connectivity index (χ3v) is 2.83. The normalized spacial score (nSPS) is 11.2. The molecule has 0 saturated heterocycles. The van der Waals surface area contributed by atoms with Gasteiger partial charge < -0.3 is 0 Å². The molecule has 0 aliphatic carbocycles. The topological polar surface area (TPSA) is 12.9 Å². The first-order chi connectivity index (χ1) is 7.20. The van der Waals surface area contributed by atoms with Crippen molar-refractivity contribution in [2.75, 3.05) is 0 Å². The van der Waals surface area contributed by atoms with Gasteiger partial charge >= 0.3 is 0 Å². The van der Waals surface area contributed by atoms with Crippen LogP contribution in [-0.4, -0.2) is 4.98 Å². The molecule has 0 radical (unpaired) electrons. The molecular weight excluding hydrogens is 182 g/mol. The van der Waals surface area contributed by atoms with E-state index in [1.54, 1.807) is 0 Å². The highest BCUT2D eigenvalue weighted by molar-refractivity contribution is 5.82. The van der Waals surface area contributed by atoms with Gasteiger partial charge in [0, 0.05) is 17.3 Å². The van der Waals surface area contributed by atoms with Gasteiger partial charge in [-0.3, -0.25) is 4.98 Å². The molecule has 0 saturated carbocycles. The van der Waals surface area contributed by atoms with Crippen LogP contribution in [0.3, 0.4) is 0 Å². The summed E-state index contributed by atoms with van der Waals surface area (Å²) in [4.78, 5) is 4.43. The van der Waals surface area contributed by atoms with Crippen LogP contribution in [0.1, 0.15) is 37.9 Å². The minimum Gasteiger partial charge on any atom is -0.261 e. The lowest BCUT2D eigenvalue weighted by Gasteiger charge is -2.07. The van der Waals surface area contributed by atoms with Crippen LogP contribution in [-0.2, 0) is 6.42 Å². The summed E-state index contributed by atoms with van der Waals surface area (Å²) in [5.74, 6) is 0.584. The Hall–Kier alpha value is -1.37. The highest BCUT2D eigenvalue weighted by atomic mass is 14.7. The maximum Gasteiger partial charge on any atom is 0.0407 e. The summed E-state index contributed by atoms with van der Waals surface area (Å²) >= 11 is 0. The fraction of sp³-hybridized carbons (Fsp3) is 0.357. The van der Waals surface area contributed by atoms with E-state index in [0.717, 1.165) is 6.42 Å². The Kier molecular flexibility index (Phi) is 2.72. The van der Waals surface area contributed by atoms with Gasteiger partial charge in [0.25, 0.3) is 0 Å². The SMILES string of the molecule is CCc1cc2ccc(C(C)C)cc2cn1. The van der Waals surface area contributed by atoms with E-state index in [-0.39, 0.29) is 0 Å². The van der Waals surface area contributed by atoms with E-state index in [1.807, 2.05) is 6.20 Å². The molecule has 0 unspecified atom stereocenters. The molecular formula is C14H17N. The molecule has 0 amide bonds. The van der Waals surface area contributed by atoms with Crippen LogP contribution < -0.4 is 0 Å². The summed E-state index contributed by atoms with van der Waals surface area (Å²) in [5, 5.41) is 2.55. The summed E-state index contributed by atoms with van der Waals surface area (Å²) in [6.07, 6.45) is 2.99. The van der Waals surface area contributed by atoms with Crippen molar-refractivity contribution in [3.63, 3.8) is 0 Å². The Labute approximate surface area is 91.2 Å². The van der Waals surface area contributed by atoms with Gasteiger partial charge in [-0.05, 0) is 35.4 Å². The van der Waals surface area contributed by atoms with Crippen molar-refractivity contribution in [1.82, 2.24) is 4.98 Å². The quantitative estimate of drug-likeness (QED) is 0.714. The first kappa shape index (κ1) is 10.2.